The normalized spacial score (nSPS) is 27.2. The van der Waals surface area contributed by atoms with Gasteiger partial charge < -0.3 is 20.3 Å². The molecular formula is C32H33F2N3O4. The van der Waals surface area contributed by atoms with Gasteiger partial charge in [0.25, 0.3) is 5.91 Å². The van der Waals surface area contributed by atoms with Gasteiger partial charge in [-0.25, -0.2) is 13.8 Å². The first-order chi connectivity index (χ1) is 19.5. The highest BCUT2D eigenvalue weighted by atomic mass is 19.1. The van der Waals surface area contributed by atoms with Gasteiger partial charge in [-0.05, 0) is 99.3 Å². The zero-order valence-corrected chi connectivity index (χ0v) is 23.2. The van der Waals surface area contributed by atoms with Crippen LogP contribution in [0.15, 0.2) is 48.8 Å². The van der Waals surface area contributed by atoms with Crippen LogP contribution in [0.2, 0.25) is 0 Å². The number of pyridine rings is 2. The van der Waals surface area contributed by atoms with Crippen LogP contribution >= 0.6 is 0 Å². The lowest BCUT2D eigenvalue weighted by molar-refractivity contribution is -0.131. The molecule has 3 aromatic rings. The number of nitrogens with one attached hydrogen (secondary N) is 1. The molecule has 2 aromatic heterocycles. The lowest BCUT2D eigenvalue weighted by Gasteiger charge is -2.45. The van der Waals surface area contributed by atoms with Crippen molar-refractivity contribution < 1.29 is 28.5 Å². The van der Waals surface area contributed by atoms with Crippen LogP contribution in [0.5, 0.6) is 5.75 Å². The summed E-state index contributed by atoms with van der Waals surface area (Å²) in [6, 6.07) is 7.10. The molecule has 1 fully saturated rings. The van der Waals surface area contributed by atoms with Gasteiger partial charge >= 0.3 is 0 Å². The van der Waals surface area contributed by atoms with E-state index < -0.39 is 29.2 Å². The Labute approximate surface area is 237 Å². The smallest absolute Gasteiger partial charge is 0.274 e. The number of amides is 1. The van der Waals surface area contributed by atoms with Gasteiger partial charge in [-0.3, -0.25) is 9.78 Å². The molecule has 1 aliphatic heterocycles. The van der Waals surface area contributed by atoms with Crippen molar-refractivity contribution in [2.45, 2.75) is 70.2 Å². The Balaban J connectivity index is 1.49. The van der Waals surface area contributed by atoms with Crippen molar-refractivity contribution in [3.8, 4) is 17.0 Å². The molecule has 3 N–H and O–H groups in total. The Kier molecular flexibility index (Phi) is 6.90. The summed E-state index contributed by atoms with van der Waals surface area (Å²) in [6.07, 6.45) is 6.21. The largest absolute Gasteiger partial charge is 0.491 e. The first-order valence-electron chi connectivity index (χ1n) is 14.1. The number of ether oxygens (including phenoxy) is 1. The minimum absolute atomic E-state index is 0.0188. The van der Waals surface area contributed by atoms with Crippen molar-refractivity contribution in [3.63, 3.8) is 0 Å². The number of aliphatic hydroxyl groups excluding tert-OH is 1. The number of allylic oxidation sites excluding steroid dienone is 2. The van der Waals surface area contributed by atoms with Crippen LogP contribution in [0.4, 0.5) is 14.5 Å². The number of benzene rings is 1. The molecule has 9 heteroatoms. The standard InChI is InChI=1S/C32H33F2N3O4/c1-16(2)41-20-13-23-22-11-17(22)4-5-19-10-18(12-28(38)32(19,3)40)21-8-9-35-15-27(21)37-31(39)26-7-6-24(33)30(36-26)29(23)25(34)14-20/h6-9,11,13-19,28,38,40H,4-5,10,12H2,1-3H3,(H,37,39). The molecule has 0 radical (unpaired) electrons. The van der Waals surface area contributed by atoms with Gasteiger partial charge in [-0.2, -0.15) is 0 Å². The molecule has 0 saturated heterocycles. The van der Waals surface area contributed by atoms with Gasteiger partial charge in [-0.15, -0.1) is 0 Å². The van der Waals surface area contributed by atoms with E-state index in [-0.39, 0.29) is 40.8 Å². The van der Waals surface area contributed by atoms with Crippen LogP contribution < -0.4 is 10.1 Å². The van der Waals surface area contributed by atoms with Gasteiger partial charge in [0.05, 0.1) is 29.7 Å². The average molecular weight is 562 g/mol. The van der Waals surface area contributed by atoms with Crippen LogP contribution in [0.25, 0.3) is 16.8 Å². The number of nitrogens with zero attached hydrogens (tertiary/aromatic N) is 2. The number of aliphatic hydroxyl groups is 2. The van der Waals surface area contributed by atoms with E-state index in [2.05, 4.69) is 15.3 Å². The molecule has 41 heavy (non-hydrogen) atoms. The molecule has 1 amide bonds. The minimum atomic E-state index is -1.29. The first kappa shape index (κ1) is 27.5. The summed E-state index contributed by atoms with van der Waals surface area (Å²) < 4.78 is 36.8. The molecule has 1 aromatic carbocycles. The molecule has 5 unspecified atom stereocenters. The Morgan fingerprint density at radius 2 is 1.93 bits per heavy atom. The van der Waals surface area contributed by atoms with Crippen molar-refractivity contribution in [1.29, 1.82) is 0 Å². The minimum Gasteiger partial charge on any atom is -0.491 e. The summed E-state index contributed by atoms with van der Waals surface area (Å²) in [7, 11) is 0. The molecule has 5 atom stereocenters. The summed E-state index contributed by atoms with van der Waals surface area (Å²) in [5, 5.41) is 25.1. The van der Waals surface area contributed by atoms with E-state index in [4.69, 9.17) is 4.74 Å². The number of hydrogen-bond acceptors (Lipinski definition) is 6. The monoisotopic (exact) mass is 561 g/mol. The summed E-state index contributed by atoms with van der Waals surface area (Å²) in [4.78, 5) is 21.9. The van der Waals surface area contributed by atoms with E-state index in [1.165, 1.54) is 18.3 Å². The number of aromatic nitrogens is 2. The Morgan fingerprint density at radius 3 is 2.71 bits per heavy atom. The Morgan fingerprint density at radius 1 is 1.12 bits per heavy atom. The average Bonchev–Trinajstić information content (AvgIpc) is 3.69. The summed E-state index contributed by atoms with van der Waals surface area (Å²) in [5.74, 6) is -2.11. The lowest BCUT2D eigenvalue weighted by atomic mass is 9.66. The number of rotatable bonds is 2. The van der Waals surface area contributed by atoms with Crippen LogP contribution in [0.1, 0.15) is 74.0 Å². The second kappa shape index (κ2) is 10.3. The molecule has 3 aliphatic rings. The first-order valence-corrected chi connectivity index (χ1v) is 14.1. The fourth-order valence-corrected chi connectivity index (χ4v) is 6.39. The quantitative estimate of drug-likeness (QED) is 0.361. The maximum atomic E-state index is 15.8. The second-order valence-electron chi connectivity index (χ2n) is 11.9. The zero-order valence-electron chi connectivity index (χ0n) is 23.2. The third kappa shape index (κ3) is 5.13. The predicted octanol–water partition coefficient (Wildman–Crippen LogP) is 5.87. The van der Waals surface area contributed by atoms with Crippen molar-refractivity contribution in [2.75, 3.05) is 5.32 Å². The molecular weight excluding hydrogens is 528 g/mol. The predicted molar refractivity (Wildman–Crippen MR) is 150 cm³/mol. The Hall–Kier alpha value is -3.69. The van der Waals surface area contributed by atoms with Gasteiger partial charge in [0.2, 0.25) is 0 Å². The van der Waals surface area contributed by atoms with Gasteiger partial charge in [0.1, 0.15) is 28.8 Å². The molecule has 2 aliphatic carbocycles. The highest BCUT2D eigenvalue weighted by Crippen LogP contribution is 2.51. The van der Waals surface area contributed by atoms with Crippen LogP contribution in [0.3, 0.4) is 0 Å². The number of hydrogen-bond donors (Lipinski definition) is 3. The molecule has 0 spiro atoms. The van der Waals surface area contributed by atoms with E-state index in [0.29, 0.717) is 42.7 Å². The van der Waals surface area contributed by atoms with Crippen molar-refractivity contribution in [2.24, 2.45) is 11.8 Å². The van der Waals surface area contributed by atoms with Crippen molar-refractivity contribution >= 4 is 17.2 Å². The van der Waals surface area contributed by atoms with E-state index in [1.54, 1.807) is 25.3 Å². The highest BCUT2D eigenvalue weighted by molar-refractivity contribution is 6.03. The molecule has 214 valence electrons. The van der Waals surface area contributed by atoms with E-state index in [1.807, 2.05) is 19.9 Å². The van der Waals surface area contributed by atoms with Gasteiger partial charge in [-0.1, -0.05) is 6.08 Å². The number of halogens is 2. The fourth-order valence-electron chi connectivity index (χ4n) is 6.39. The summed E-state index contributed by atoms with van der Waals surface area (Å²) in [5.41, 5.74) is 0.877. The molecule has 4 bridgehead atoms. The van der Waals surface area contributed by atoms with E-state index in [0.717, 1.165) is 17.2 Å². The van der Waals surface area contributed by atoms with Crippen LogP contribution in [-0.4, -0.2) is 43.9 Å². The molecule has 3 heterocycles. The number of fused-ring (bicyclic) bond motifs is 10. The molecule has 7 nitrogen and oxygen atoms in total. The van der Waals surface area contributed by atoms with Crippen LogP contribution in [-0.2, 0) is 0 Å². The number of carbonyl (C=O) groups is 1. The second-order valence-corrected chi connectivity index (χ2v) is 11.9. The molecule has 6 rings (SSSR count). The molecule has 1 saturated carbocycles. The number of anilines is 1. The van der Waals surface area contributed by atoms with E-state index in [9.17, 15) is 15.0 Å². The third-order valence-corrected chi connectivity index (χ3v) is 8.68. The number of carbonyl (C=O) groups excluding carboxylic acids is 1. The SMILES string of the molecule is CC(C)Oc1cc(F)c2c(c1)C1=CC1CCC1CC(CC(O)C1(C)O)c1ccncc1NC(=O)c1ccc(F)c-2n1. The van der Waals surface area contributed by atoms with Gasteiger partial charge in [0.15, 0.2) is 0 Å². The topological polar surface area (TPSA) is 105 Å². The third-order valence-electron chi connectivity index (χ3n) is 8.68. The zero-order chi connectivity index (χ0) is 29.1. The Bertz CT molecular complexity index is 1550. The lowest BCUT2D eigenvalue weighted by Crippen LogP contribution is -2.50. The van der Waals surface area contributed by atoms with Crippen LogP contribution in [0, 0.1) is 23.5 Å². The van der Waals surface area contributed by atoms with Gasteiger partial charge in [0, 0.05) is 23.7 Å². The summed E-state index contributed by atoms with van der Waals surface area (Å²) in [6.45, 7) is 5.35. The van der Waals surface area contributed by atoms with Crippen molar-refractivity contribution in [3.05, 3.63) is 77.3 Å². The highest BCUT2D eigenvalue weighted by Gasteiger charge is 2.46. The van der Waals surface area contributed by atoms with E-state index >= 15 is 8.78 Å². The fraction of sp³-hybridized carbons (Fsp3) is 0.406. The maximum absolute atomic E-state index is 15.8. The summed E-state index contributed by atoms with van der Waals surface area (Å²) >= 11 is 0. The van der Waals surface area contributed by atoms with Crippen molar-refractivity contribution in [1.82, 2.24) is 9.97 Å². The maximum Gasteiger partial charge on any atom is 0.274 e.